The van der Waals surface area contributed by atoms with Gasteiger partial charge in [-0.05, 0) is 25.1 Å². The fraction of sp³-hybridized carbons (Fsp3) is 0.385. The standard InChI is InChI=1S/C13H16N2OS/c1-8-14-10-7-9(5-6-11(10)17-8)15-12(16)13(2,3)4/h5-7H,1-4H3,(H,15,16). The number of thiazole rings is 1. The van der Waals surface area contributed by atoms with E-state index in [1.165, 1.54) is 0 Å². The van der Waals surface area contributed by atoms with Crippen LogP contribution in [-0.4, -0.2) is 10.9 Å². The molecule has 3 nitrogen and oxygen atoms in total. The molecule has 0 bridgehead atoms. The van der Waals surface area contributed by atoms with Gasteiger partial charge in [-0.15, -0.1) is 11.3 Å². The molecule has 17 heavy (non-hydrogen) atoms. The zero-order chi connectivity index (χ0) is 12.6. The number of amides is 1. The predicted molar refractivity (Wildman–Crippen MR) is 72.4 cm³/mol. The third-order valence-corrected chi connectivity index (χ3v) is 3.39. The van der Waals surface area contributed by atoms with Crippen LogP contribution in [-0.2, 0) is 4.79 Å². The van der Waals surface area contributed by atoms with E-state index in [4.69, 9.17) is 0 Å². The summed E-state index contributed by atoms with van der Waals surface area (Å²) in [4.78, 5) is 16.3. The molecular formula is C13H16N2OS. The summed E-state index contributed by atoms with van der Waals surface area (Å²) in [5.74, 6) is 0.0174. The van der Waals surface area contributed by atoms with Gasteiger partial charge in [0.05, 0.1) is 15.2 Å². The quantitative estimate of drug-likeness (QED) is 0.838. The molecule has 2 aromatic rings. The minimum absolute atomic E-state index is 0.0174. The van der Waals surface area contributed by atoms with Crippen molar-refractivity contribution in [2.45, 2.75) is 27.7 Å². The second kappa shape index (κ2) is 4.11. The van der Waals surface area contributed by atoms with E-state index in [-0.39, 0.29) is 11.3 Å². The van der Waals surface area contributed by atoms with E-state index in [0.717, 1.165) is 20.9 Å². The Labute approximate surface area is 105 Å². The van der Waals surface area contributed by atoms with Gasteiger partial charge < -0.3 is 5.32 Å². The SMILES string of the molecule is Cc1nc2cc(NC(=O)C(C)(C)C)ccc2s1. The number of anilines is 1. The maximum atomic E-state index is 11.8. The number of fused-ring (bicyclic) bond motifs is 1. The molecule has 1 heterocycles. The molecule has 0 aliphatic carbocycles. The first kappa shape index (κ1) is 12.0. The molecular weight excluding hydrogens is 232 g/mol. The van der Waals surface area contributed by atoms with Crippen molar-refractivity contribution >= 4 is 33.1 Å². The second-order valence-electron chi connectivity index (χ2n) is 5.12. The van der Waals surface area contributed by atoms with Gasteiger partial charge in [0.25, 0.3) is 0 Å². The summed E-state index contributed by atoms with van der Waals surface area (Å²) in [5, 5.41) is 3.95. The van der Waals surface area contributed by atoms with E-state index in [0.29, 0.717) is 0 Å². The van der Waals surface area contributed by atoms with E-state index < -0.39 is 0 Å². The summed E-state index contributed by atoms with van der Waals surface area (Å²) in [7, 11) is 0. The highest BCUT2D eigenvalue weighted by Crippen LogP contribution is 2.25. The van der Waals surface area contributed by atoms with Crippen molar-refractivity contribution in [1.82, 2.24) is 4.98 Å². The molecule has 0 unspecified atom stereocenters. The van der Waals surface area contributed by atoms with Gasteiger partial charge in [0.15, 0.2) is 0 Å². The van der Waals surface area contributed by atoms with Crippen molar-refractivity contribution in [1.29, 1.82) is 0 Å². The molecule has 0 fully saturated rings. The van der Waals surface area contributed by atoms with E-state index in [9.17, 15) is 4.79 Å². The van der Waals surface area contributed by atoms with Crippen molar-refractivity contribution in [3.05, 3.63) is 23.2 Å². The van der Waals surface area contributed by atoms with Crippen molar-refractivity contribution in [3.63, 3.8) is 0 Å². The first-order chi connectivity index (χ1) is 7.86. The number of nitrogens with zero attached hydrogens (tertiary/aromatic N) is 1. The summed E-state index contributed by atoms with van der Waals surface area (Å²) in [6.07, 6.45) is 0. The van der Waals surface area contributed by atoms with Crippen LogP contribution in [0.1, 0.15) is 25.8 Å². The molecule has 0 aliphatic rings. The average molecular weight is 248 g/mol. The number of rotatable bonds is 1. The normalized spacial score (nSPS) is 11.8. The van der Waals surface area contributed by atoms with Gasteiger partial charge in [-0.1, -0.05) is 20.8 Å². The van der Waals surface area contributed by atoms with Crippen LogP contribution in [0.2, 0.25) is 0 Å². The molecule has 1 amide bonds. The molecule has 0 atom stereocenters. The highest BCUT2D eigenvalue weighted by molar-refractivity contribution is 7.18. The summed E-state index contributed by atoms with van der Waals surface area (Å²) >= 11 is 1.66. The van der Waals surface area contributed by atoms with Gasteiger partial charge in [0.2, 0.25) is 5.91 Å². The lowest BCUT2D eigenvalue weighted by Crippen LogP contribution is -2.27. The van der Waals surface area contributed by atoms with Crippen molar-refractivity contribution < 1.29 is 4.79 Å². The molecule has 0 saturated heterocycles. The number of carbonyl (C=O) groups excluding carboxylic acids is 1. The third kappa shape index (κ3) is 2.64. The van der Waals surface area contributed by atoms with Crippen LogP contribution in [0.15, 0.2) is 18.2 Å². The number of hydrogen-bond donors (Lipinski definition) is 1. The van der Waals surface area contributed by atoms with Crippen LogP contribution in [0.4, 0.5) is 5.69 Å². The average Bonchev–Trinajstić information content (AvgIpc) is 2.55. The lowest BCUT2D eigenvalue weighted by atomic mass is 9.95. The maximum Gasteiger partial charge on any atom is 0.229 e. The van der Waals surface area contributed by atoms with E-state index in [1.807, 2.05) is 45.9 Å². The number of benzene rings is 1. The first-order valence-electron chi connectivity index (χ1n) is 5.55. The third-order valence-electron chi connectivity index (χ3n) is 2.43. The number of carbonyl (C=O) groups is 1. The number of hydrogen-bond acceptors (Lipinski definition) is 3. The Balaban J connectivity index is 2.28. The fourth-order valence-corrected chi connectivity index (χ4v) is 2.25. The highest BCUT2D eigenvalue weighted by Gasteiger charge is 2.21. The van der Waals surface area contributed by atoms with Gasteiger partial charge in [0, 0.05) is 11.1 Å². The van der Waals surface area contributed by atoms with Crippen LogP contribution in [0.3, 0.4) is 0 Å². The Hall–Kier alpha value is -1.42. The summed E-state index contributed by atoms with van der Waals surface area (Å²) in [5.41, 5.74) is 1.37. The van der Waals surface area contributed by atoms with Crippen LogP contribution < -0.4 is 5.32 Å². The number of aryl methyl sites for hydroxylation is 1. The molecule has 1 N–H and O–H groups in total. The summed E-state index contributed by atoms with van der Waals surface area (Å²) in [6.45, 7) is 7.67. The number of aromatic nitrogens is 1. The molecule has 2 rings (SSSR count). The van der Waals surface area contributed by atoms with Crippen LogP contribution >= 0.6 is 11.3 Å². The molecule has 1 aromatic carbocycles. The maximum absolute atomic E-state index is 11.8. The fourth-order valence-electron chi connectivity index (χ4n) is 1.44. The largest absolute Gasteiger partial charge is 0.326 e. The van der Waals surface area contributed by atoms with Gasteiger partial charge in [-0.3, -0.25) is 4.79 Å². The van der Waals surface area contributed by atoms with Gasteiger partial charge in [-0.2, -0.15) is 0 Å². The van der Waals surface area contributed by atoms with Crippen LogP contribution in [0, 0.1) is 12.3 Å². The van der Waals surface area contributed by atoms with Crippen molar-refractivity contribution in [2.75, 3.05) is 5.32 Å². The molecule has 0 radical (unpaired) electrons. The van der Waals surface area contributed by atoms with E-state index in [2.05, 4.69) is 10.3 Å². The molecule has 0 spiro atoms. The molecule has 0 aliphatic heterocycles. The highest BCUT2D eigenvalue weighted by atomic mass is 32.1. The lowest BCUT2D eigenvalue weighted by molar-refractivity contribution is -0.123. The van der Waals surface area contributed by atoms with Gasteiger partial charge in [0.1, 0.15) is 0 Å². The Kier molecular flexibility index (Phi) is 2.91. The molecule has 0 saturated carbocycles. The smallest absolute Gasteiger partial charge is 0.229 e. The first-order valence-corrected chi connectivity index (χ1v) is 6.36. The predicted octanol–water partition coefficient (Wildman–Crippen LogP) is 3.59. The molecule has 4 heteroatoms. The Morgan fingerprint density at radius 1 is 1.35 bits per heavy atom. The zero-order valence-electron chi connectivity index (χ0n) is 10.5. The van der Waals surface area contributed by atoms with Gasteiger partial charge in [-0.25, -0.2) is 4.98 Å². The molecule has 90 valence electrons. The Morgan fingerprint density at radius 2 is 2.06 bits per heavy atom. The van der Waals surface area contributed by atoms with E-state index >= 15 is 0 Å². The van der Waals surface area contributed by atoms with Crippen molar-refractivity contribution in [2.24, 2.45) is 5.41 Å². The van der Waals surface area contributed by atoms with Crippen molar-refractivity contribution in [3.8, 4) is 0 Å². The zero-order valence-corrected chi connectivity index (χ0v) is 11.3. The minimum Gasteiger partial charge on any atom is -0.326 e. The monoisotopic (exact) mass is 248 g/mol. The van der Waals surface area contributed by atoms with Gasteiger partial charge >= 0.3 is 0 Å². The Bertz CT molecular complexity index is 566. The minimum atomic E-state index is -0.382. The Morgan fingerprint density at radius 3 is 2.71 bits per heavy atom. The molecule has 1 aromatic heterocycles. The number of nitrogens with one attached hydrogen (secondary N) is 1. The lowest BCUT2D eigenvalue weighted by Gasteiger charge is -2.17. The summed E-state index contributed by atoms with van der Waals surface area (Å²) in [6, 6.07) is 5.84. The van der Waals surface area contributed by atoms with Crippen LogP contribution in [0.25, 0.3) is 10.2 Å². The van der Waals surface area contributed by atoms with E-state index in [1.54, 1.807) is 11.3 Å². The topological polar surface area (TPSA) is 42.0 Å². The summed E-state index contributed by atoms with van der Waals surface area (Å²) < 4.78 is 1.15. The van der Waals surface area contributed by atoms with Crippen LogP contribution in [0.5, 0.6) is 0 Å². The second-order valence-corrected chi connectivity index (χ2v) is 6.35.